The minimum Gasteiger partial charge on any atom is -0.451 e. The highest BCUT2D eigenvalue weighted by Crippen LogP contribution is 2.33. The van der Waals surface area contributed by atoms with Crippen LogP contribution >= 0.6 is 11.3 Å². The number of aryl methyl sites for hydroxylation is 1. The molecule has 1 aromatic carbocycles. The average molecular weight is 414 g/mol. The summed E-state index contributed by atoms with van der Waals surface area (Å²) in [6.07, 6.45) is -3.59. The Kier molecular flexibility index (Phi) is 7.17. The van der Waals surface area contributed by atoms with Gasteiger partial charge in [0, 0.05) is 12.1 Å². The number of aromatic nitrogens is 1. The van der Waals surface area contributed by atoms with Crippen molar-refractivity contribution in [3.05, 3.63) is 40.4 Å². The fourth-order valence-electron chi connectivity index (χ4n) is 2.26. The van der Waals surface area contributed by atoms with Crippen LogP contribution in [0, 0.1) is 12.8 Å². The van der Waals surface area contributed by atoms with Crippen LogP contribution in [0.3, 0.4) is 0 Å². The third-order valence-electron chi connectivity index (χ3n) is 3.82. The van der Waals surface area contributed by atoms with Crippen LogP contribution in [0.5, 0.6) is 0 Å². The number of amides is 1. The molecule has 0 spiro atoms. The van der Waals surface area contributed by atoms with Gasteiger partial charge in [0.25, 0.3) is 5.91 Å². The lowest BCUT2D eigenvalue weighted by atomic mass is 10.1. The summed E-state index contributed by atoms with van der Waals surface area (Å²) in [5.74, 6) is -0.627. The van der Waals surface area contributed by atoms with Crippen LogP contribution in [-0.4, -0.2) is 30.0 Å². The van der Waals surface area contributed by atoms with E-state index in [0.717, 1.165) is 29.9 Å². The number of benzene rings is 1. The van der Waals surface area contributed by atoms with Gasteiger partial charge in [-0.15, -0.1) is 11.3 Å². The third-order valence-corrected chi connectivity index (χ3v) is 5.01. The summed E-state index contributed by atoms with van der Waals surface area (Å²) in [6, 6.07) is 4.54. The van der Waals surface area contributed by atoms with Crippen LogP contribution in [-0.2, 0) is 15.7 Å². The first kappa shape index (κ1) is 21.9. The van der Waals surface area contributed by atoms with Crippen molar-refractivity contribution >= 4 is 23.2 Å². The maximum absolute atomic E-state index is 12.7. The first-order chi connectivity index (χ1) is 13.1. The fourth-order valence-corrected chi connectivity index (χ4v) is 3.22. The van der Waals surface area contributed by atoms with Crippen LogP contribution in [0.2, 0.25) is 0 Å². The third kappa shape index (κ3) is 6.05. The largest absolute Gasteiger partial charge is 0.451 e. The summed E-state index contributed by atoms with van der Waals surface area (Å²) in [6.45, 7) is 5.78. The highest BCUT2D eigenvalue weighted by molar-refractivity contribution is 7.17. The van der Waals surface area contributed by atoms with Gasteiger partial charge in [0.2, 0.25) is 0 Å². The topological polar surface area (TPSA) is 68.3 Å². The normalized spacial score (nSPS) is 11.5. The number of ether oxygens (including phenoxy) is 1. The van der Waals surface area contributed by atoms with Crippen molar-refractivity contribution in [3.8, 4) is 10.6 Å². The van der Waals surface area contributed by atoms with Gasteiger partial charge in [-0.2, -0.15) is 13.2 Å². The Morgan fingerprint density at radius 1 is 1.21 bits per heavy atom. The van der Waals surface area contributed by atoms with Gasteiger partial charge >= 0.3 is 12.1 Å². The summed E-state index contributed by atoms with van der Waals surface area (Å²) >= 11 is 1.01. The smallest absolute Gasteiger partial charge is 0.416 e. The molecule has 1 amide bonds. The SMILES string of the molecule is Cc1nc(-c2ccc(C(F)(F)F)cc2)sc1C(=O)OCC(=O)NCCC(C)C. The lowest BCUT2D eigenvalue weighted by Crippen LogP contribution is -2.30. The Morgan fingerprint density at radius 3 is 2.43 bits per heavy atom. The first-order valence-corrected chi connectivity index (χ1v) is 9.48. The van der Waals surface area contributed by atoms with E-state index in [1.807, 2.05) is 13.8 Å². The van der Waals surface area contributed by atoms with Crippen LogP contribution in [0.4, 0.5) is 13.2 Å². The fraction of sp³-hybridized carbons (Fsp3) is 0.421. The number of hydrogen-bond donors (Lipinski definition) is 1. The molecule has 0 saturated carbocycles. The van der Waals surface area contributed by atoms with Crippen LogP contribution in [0.1, 0.15) is 41.2 Å². The molecule has 1 aromatic heterocycles. The lowest BCUT2D eigenvalue weighted by Gasteiger charge is -2.07. The van der Waals surface area contributed by atoms with Crippen molar-refractivity contribution in [2.45, 2.75) is 33.4 Å². The first-order valence-electron chi connectivity index (χ1n) is 8.66. The number of halogens is 3. The molecule has 28 heavy (non-hydrogen) atoms. The number of carbonyl (C=O) groups excluding carboxylic acids is 2. The second-order valence-corrected chi connectivity index (χ2v) is 7.62. The number of hydrogen-bond acceptors (Lipinski definition) is 5. The van der Waals surface area contributed by atoms with E-state index < -0.39 is 24.3 Å². The van der Waals surface area contributed by atoms with E-state index in [1.54, 1.807) is 6.92 Å². The number of alkyl halides is 3. The van der Waals surface area contributed by atoms with Crippen molar-refractivity contribution in [2.24, 2.45) is 5.92 Å². The number of esters is 1. The zero-order valence-electron chi connectivity index (χ0n) is 15.7. The number of nitrogens with one attached hydrogen (secondary N) is 1. The molecule has 9 heteroatoms. The zero-order chi connectivity index (χ0) is 20.9. The quantitative estimate of drug-likeness (QED) is 0.680. The monoisotopic (exact) mass is 414 g/mol. The molecule has 0 radical (unpaired) electrons. The van der Waals surface area contributed by atoms with Crippen molar-refractivity contribution in [1.29, 1.82) is 0 Å². The predicted molar refractivity (Wildman–Crippen MR) is 100 cm³/mol. The Labute approximate surface area is 164 Å². The molecule has 1 heterocycles. The summed E-state index contributed by atoms with van der Waals surface area (Å²) in [5, 5.41) is 3.07. The lowest BCUT2D eigenvalue weighted by molar-refractivity contribution is -0.137. The number of nitrogens with zero attached hydrogens (tertiary/aromatic N) is 1. The molecule has 0 atom stereocenters. The van der Waals surface area contributed by atoms with Gasteiger partial charge in [0.05, 0.1) is 11.3 Å². The van der Waals surface area contributed by atoms with Gasteiger partial charge in [-0.3, -0.25) is 4.79 Å². The number of rotatable bonds is 7. The minimum atomic E-state index is -4.41. The van der Waals surface area contributed by atoms with Gasteiger partial charge in [0.15, 0.2) is 6.61 Å². The van der Waals surface area contributed by atoms with Gasteiger partial charge in [-0.05, 0) is 31.4 Å². The van der Waals surface area contributed by atoms with Crippen LogP contribution in [0.25, 0.3) is 10.6 Å². The number of thiazole rings is 1. The van der Waals surface area contributed by atoms with E-state index >= 15 is 0 Å². The van der Waals surface area contributed by atoms with Crippen LogP contribution < -0.4 is 5.32 Å². The van der Waals surface area contributed by atoms with Crippen molar-refractivity contribution in [3.63, 3.8) is 0 Å². The Hall–Kier alpha value is -2.42. The number of carbonyl (C=O) groups is 2. The highest BCUT2D eigenvalue weighted by atomic mass is 32.1. The molecule has 2 aromatic rings. The van der Waals surface area contributed by atoms with E-state index in [0.29, 0.717) is 28.7 Å². The van der Waals surface area contributed by atoms with E-state index in [9.17, 15) is 22.8 Å². The standard InChI is InChI=1S/C19H21F3N2O3S/c1-11(2)8-9-23-15(25)10-27-18(26)16-12(3)24-17(28-16)13-4-6-14(7-5-13)19(20,21)22/h4-7,11H,8-10H2,1-3H3,(H,23,25). The Morgan fingerprint density at radius 2 is 1.86 bits per heavy atom. The van der Waals surface area contributed by atoms with Gasteiger partial charge in [-0.25, -0.2) is 9.78 Å². The molecule has 152 valence electrons. The van der Waals surface area contributed by atoms with Gasteiger partial charge in [-0.1, -0.05) is 26.0 Å². The summed E-state index contributed by atoms with van der Waals surface area (Å²) < 4.78 is 43.0. The second kappa shape index (κ2) is 9.18. The van der Waals surface area contributed by atoms with Crippen molar-refractivity contribution in [1.82, 2.24) is 10.3 Å². The molecule has 0 aliphatic carbocycles. The zero-order valence-corrected chi connectivity index (χ0v) is 16.5. The molecule has 0 fully saturated rings. The molecular weight excluding hydrogens is 393 g/mol. The summed E-state index contributed by atoms with van der Waals surface area (Å²) in [5.41, 5.74) is 0.101. The molecule has 0 bridgehead atoms. The maximum Gasteiger partial charge on any atom is 0.416 e. The second-order valence-electron chi connectivity index (χ2n) is 6.62. The highest BCUT2D eigenvalue weighted by Gasteiger charge is 2.30. The molecule has 2 rings (SSSR count). The Bertz CT molecular complexity index is 830. The van der Waals surface area contributed by atoms with Crippen molar-refractivity contribution < 1.29 is 27.5 Å². The molecule has 0 unspecified atom stereocenters. The van der Waals surface area contributed by atoms with E-state index in [1.165, 1.54) is 12.1 Å². The van der Waals surface area contributed by atoms with Crippen LogP contribution in [0.15, 0.2) is 24.3 Å². The predicted octanol–water partition coefficient (Wildman–Crippen LogP) is 4.46. The van der Waals surface area contributed by atoms with E-state index in [-0.39, 0.29) is 10.8 Å². The minimum absolute atomic E-state index is 0.213. The molecular formula is C19H21F3N2O3S. The summed E-state index contributed by atoms with van der Waals surface area (Å²) in [4.78, 5) is 28.3. The van der Waals surface area contributed by atoms with E-state index in [4.69, 9.17) is 4.74 Å². The average Bonchev–Trinajstić information content (AvgIpc) is 3.00. The Balaban J connectivity index is 1.99. The summed E-state index contributed by atoms with van der Waals surface area (Å²) in [7, 11) is 0. The van der Waals surface area contributed by atoms with Gasteiger partial charge < -0.3 is 10.1 Å². The molecule has 1 N–H and O–H groups in total. The maximum atomic E-state index is 12.7. The molecule has 5 nitrogen and oxygen atoms in total. The molecule has 0 aliphatic heterocycles. The van der Waals surface area contributed by atoms with Gasteiger partial charge in [0.1, 0.15) is 9.88 Å². The van der Waals surface area contributed by atoms with E-state index in [2.05, 4.69) is 10.3 Å². The molecule has 0 aliphatic rings. The molecule has 0 saturated heterocycles. The van der Waals surface area contributed by atoms with Crippen molar-refractivity contribution in [2.75, 3.05) is 13.2 Å².